The second-order valence-corrected chi connectivity index (χ2v) is 11.4. The van der Waals surface area contributed by atoms with Crippen LogP contribution in [0.25, 0.3) is 0 Å². The third-order valence-electron chi connectivity index (χ3n) is 9.00. The average Bonchev–Trinajstić information content (AvgIpc) is 3.29. The Kier molecular flexibility index (Phi) is 6.32. The van der Waals surface area contributed by atoms with E-state index in [0.29, 0.717) is 5.56 Å². The van der Waals surface area contributed by atoms with Gasteiger partial charge in [0.25, 0.3) is 17.7 Å². The van der Waals surface area contributed by atoms with E-state index in [1.807, 2.05) is 48.5 Å². The molecule has 7 heteroatoms. The number of ketones is 1. The Morgan fingerprint density at radius 2 is 1.17 bits per heavy atom. The second kappa shape index (κ2) is 10.1. The normalized spacial score (nSPS) is 22.3. The van der Waals surface area contributed by atoms with E-state index >= 15 is 0 Å². The van der Waals surface area contributed by atoms with Crippen LogP contribution in [0.15, 0.2) is 103 Å². The predicted molar refractivity (Wildman–Crippen MR) is 158 cm³/mol. The molecule has 1 saturated heterocycles. The van der Waals surface area contributed by atoms with E-state index in [0.717, 1.165) is 32.3 Å². The number of amides is 3. The Labute approximate surface area is 248 Å². The molecule has 1 heterocycles. The van der Waals surface area contributed by atoms with Crippen LogP contribution < -0.4 is 0 Å². The Bertz CT molecular complexity index is 1650. The molecule has 0 unspecified atom stereocenters. The van der Waals surface area contributed by atoms with Crippen molar-refractivity contribution in [1.29, 1.82) is 0 Å². The summed E-state index contributed by atoms with van der Waals surface area (Å²) in [5.74, 6) is -4.03. The quantitative estimate of drug-likeness (QED) is 0.201. The molecule has 42 heavy (non-hydrogen) atoms. The monoisotopic (exact) mass is 574 g/mol. The lowest BCUT2D eigenvalue weighted by Crippen LogP contribution is -2.57. The summed E-state index contributed by atoms with van der Waals surface area (Å²) < 4.78 is 0. The summed E-state index contributed by atoms with van der Waals surface area (Å²) in [6.07, 6.45) is 0.184. The van der Waals surface area contributed by atoms with Gasteiger partial charge in [0.15, 0.2) is 5.78 Å². The van der Waals surface area contributed by atoms with Gasteiger partial charge in [0.1, 0.15) is 6.04 Å². The fourth-order valence-electron chi connectivity index (χ4n) is 7.27. The largest absolute Gasteiger partial charge is 0.292 e. The Hall–Kier alpha value is -4.55. The standard InChI is InChI=1S/C35H27ClN2O4/c1-2-27(32(39)20-12-4-3-5-13-20)37(33(40)25-18-10-11-19-26(25)36)38-34(41)30-28-21-14-6-7-15-22(21)29(31(30)35(38)42)24-17-9-8-16-23(24)28/h3-19,27-31H,2H2,1H3/t27-,28?,29?,30-,31+/m0/s1. The van der Waals surface area contributed by atoms with Gasteiger partial charge in [-0.1, -0.05) is 110 Å². The van der Waals surface area contributed by atoms with Crippen molar-refractivity contribution < 1.29 is 19.2 Å². The lowest BCUT2D eigenvalue weighted by atomic mass is 9.55. The van der Waals surface area contributed by atoms with Gasteiger partial charge in [0.05, 0.1) is 22.4 Å². The van der Waals surface area contributed by atoms with Crippen molar-refractivity contribution in [2.24, 2.45) is 11.8 Å². The van der Waals surface area contributed by atoms with Crippen LogP contribution in [0.2, 0.25) is 5.02 Å². The Balaban J connectivity index is 1.39. The van der Waals surface area contributed by atoms with E-state index < -0.39 is 35.6 Å². The molecular formula is C35H27ClN2O4. The maximum Gasteiger partial charge on any atom is 0.275 e. The van der Waals surface area contributed by atoms with Crippen molar-refractivity contribution in [2.45, 2.75) is 31.2 Å². The molecule has 208 valence electrons. The number of hydrogen-bond donors (Lipinski definition) is 0. The molecular weight excluding hydrogens is 548 g/mol. The number of benzene rings is 4. The first-order valence-electron chi connectivity index (χ1n) is 14.2. The number of carbonyl (C=O) groups is 4. The zero-order valence-corrected chi connectivity index (χ0v) is 23.6. The van der Waals surface area contributed by atoms with Gasteiger partial charge in [-0.3, -0.25) is 19.2 Å². The third-order valence-corrected chi connectivity index (χ3v) is 9.33. The minimum absolute atomic E-state index is 0.114. The average molecular weight is 575 g/mol. The Morgan fingerprint density at radius 3 is 1.64 bits per heavy atom. The molecule has 4 aromatic carbocycles. The second-order valence-electron chi connectivity index (χ2n) is 11.0. The van der Waals surface area contributed by atoms with E-state index in [9.17, 15) is 19.2 Å². The fourth-order valence-corrected chi connectivity index (χ4v) is 7.48. The highest BCUT2D eigenvalue weighted by atomic mass is 35.5. The molecule has 1 aliphatic heterocycles. The summed E-state index contributed by atoms with van der Waals surface area (Å²) in [7, 11) is 0. The summed E-state index contributed by atoms with van der Waals surface area (Å²) in [6, 6.07) is 29.9. The van der Waals surface area contributed by atoms with Crippen LogP contribution in [0.4, 0.5) is 0 Å². The highest BCUT2D eigenvalue weighted by molar-refractivity contribution is 6.34. The number of carbonyl (C=O) groups excluding carboxylic acids is 4. The van der Waals surface area contributed by atoms with Gasteiger partial charge in [0.2, 0.25) is 0 Å². The van der Waals surface area contributed by atoms with E-state index in [1.165, 1.54) is 0 Å². The molecule has 6 nitrogen and oxygen atoms in total. The summed E-state index contributed by atoms with van der Waals surface area (Å²) in [5, 5.41) is 2.24. The first kappa shape index (κ1) is 26.4. The van der Waals surface area contributed by atoms with Gasteiger partial charge in [-0.25, -0.2) is 5.01 Å². The van der Waals surface area contributed by atoms with Gasteiger partial charge in [-0.05, 0) is 40.8 Å². The zero-order chi connectivity index (χ0) is 29.1. The number of Topliss-reactive ketones (excluding diaryl/α,β-unsaturated/α-hetero) is 1. The van der Waals surface area contributed by atoms with Gasteiger partial charge in [-0.2, -0.15) is 5.01 Å². The molecule has 0 spiro atoms. The summed E-state index contributed by atoms with van der Waals surface area (Å²) in [5.41, 5.74) is 4.62. The van der Waals surface area contributed by atoms with Crippen molar-refractivity contribution in [3.8, 4) is 0 Å². The van der Waals surface area contributed by atoms with Crippen LogP contribution in [0.5, 0.6) is 0 Å². The molecule has 3 aliphatic carbocycles. The number of rotatable bonds is 6. The van der Waals surface area contributed by atoms with E-state index in [4.69, 9.17) is 11.6 Å². The highest BCUT2D eigenvalue weighted by Crippen LogP contribution is 2.61. The number of nitrogens with zero attached hydrogens (tertiary/aromatic N) is 2. The minimum Gasteiger partial charge on any atom is -0.292 e. The molecule has 1 fully saturated rings. The first-order chi connectivity index (χ1) is 20.4. The van der Waals surface area contributed by atoms with Crippen LogP contribution in [-0.2, 0) is 9.59 Å². The van der Waals surface area contributed by atoms with E-state index in [2.05, 4.69) is 0 Å². The summed E-state index contributed by atoms with van der Waals surface area (Å²) >= 11 is 6.47. The number of hydrazine groups is 1. The van der Waals surface area contributed by atoms with Gasteiger partial charge in [-0.15, -0.1) is 0 Å². The molecule has 4 aromatic rings. The zero-order valence-electron chi connectivity index (χ0n) is 22.8. The molecule has 0 radical (unpaired) electrons. The van der Waals surface area contributed by atoms with Gasteiger partial charge >= 0.3 is 0 Å². The first-order valence-corrected chi connectivity index (χ1v) is 14.5. The number of imide groups is 1. The smallest absolute Gasteiger partial charge is 0.275 e. The van der Waals surface area contributed by atoms with E-state index in [-0.39, 0.29) is 34.6 Å². The van der Waals surface area contributed by atoms with Crippen LogP contribution in [-0.4, -0.2) is 39.6 Å². The van der Waals surface area contributed by atoms with Gasteiger partial charge < -0.3 is 0 Å². The third kappa shape index (κ3) is 3.71. The van der Waals surface area contributed by atoms with Crippen molar-refractivity contribution >= 4 is 35.1 Å². The molecule has 3 amide bonds. The minimum atomic E-state index is -1.10. The maximum atomic E-state index is 14.6. The summed E-state index contributed by atoms with van der Waals surface area (Å²) in [4.78, 5) is 57.4. The molecule has 0 N–H and O–H groups in total. The van der Waals surface area contributed by atoms with Crippen molar-refractivity contribution in [3.05, 3.63) is 142 Å². The lowest BCUT2D eigenvalue weighted by Gasteiger charge is -2.45. The molecule has 4 aliphatic rings. The SMILES string of the molecule is CC[C@@H](C(=O)c1ccccc1)N(C(=O)c1ccccc1Cl)N1C(=O)[C@@H]2C3c4ccccc4C(c4ccccc43)[C@@H]2C1=O. The van der Waals surface area contributed by atoms with Crippen LogP contribution in [0.3, 0.4) is 0 Å². The van der Waals surface area contributed by atoms with Gasteiger partial charge in [0, 0.05) is 17.4 Å². The lowest BCUT2D eigenvalue weighted by molar-refractivity contribution is -0.156. The topological polar surface area (TPSA) is 74.8 Å². The highest BCUT2D eigenvalue weighted by Gasteiger charge is 2.63. The molecule has 0 saturated carbocycles. The van der Waals surface area contributed by atoms with Crippen molar-refractivity contribution in [2.75, 3.05) is 0 Å². The van der Waals surface area contributed by atoms with Crippen molar-refractivity contribution in [1.82, 2.24) is 10.0 Å². The molecule has 8 rings (SSSR count). The Morgan fingerprint density at radius 1 is 0.714 bits per heavy atom. The fraction of sp³-hybridized carbons (Fsp3) is 0.200. The van der Waals surface area contributed by atoms with Crippen LogP contribution in [0.1, 0.15) is 68.2 Å². The molecule has 2 bridgehead atoms. The number of halogens is 1. The molecule has 0 aromatic heterocycles. The molecule has 3 atom stereocenters. The predicted octanol–water partition coefficient (Wildman–Crippen LogP) is 6.25. The number of hydrogen-bond acceptors (Lipinski definition) is 4. The van der Waals surface area contributed by atoms with Crippen LogP contribution in [0, 0.1) is 11.8 Å². The maximum absolute atomic E-state index is 14.6. The van der Waals surface area contributed by atoms with Crippen molar-refractivity contribution in [3.63, 3.8) is 0 Å². The van der Waals surface area contributed by atoms with Crippen LogP contribution >= 0.6 is 11.6 Å². The summed E-state index contributed by atoms with van der Waals surface area (Å²) in [6.45, 7) is 1.77. The van der Waals surface area contributed by atoms with E-state index in [1.54, 1.807) is 61.5 Å².